The maximum absolute atomic E-state index is 5.76. The van der Waals surface area contributed by atoms with Crippen molar-refractivity contribution in [3.05, 3.63) is 5.82 Å². The van der Waals surface area contributed by atoms with Crippen LogP contribution in [0.1, 0.15) is 12.2 Å². The van der Waals surface area contributed by atoms with E-state index in [1.165, 1.54) is 0 Å². The van der Waals surface area contributed by atoms with E-state index in [-0.39, 0.29) is 0 Å². The van der Waals surface area contributed by atoms with Gasteiger partial charge in [-0.15, -0.1) is 0 Å². The first kappa shape index (κ1) is 12.2. The number of anilines is 2. The second kappa shape index (κ2) is 5.88. The standard InChI is InChI=1S/C11H21N5O/c1-9-14-10(12)11(15-9)13-3-2-4-16-5-7-17-8-6-16/h13H,2-8,12H2,1H3,(H,14,15). The second-order valence-corrected chi connectivity index (χ2v) is 4.32. The van der Waals surface area contributed by atoms with Gasteiger partial charge in [-0.05, 0) is 19.9 Å². The highest BCUT2D eigenvalue weighted by Gasteiger charge is 2.09. The fourth-order valence-corrected chi connectivity index (χ4v) is 1.98. The monoisotopic (exact) mass is 239 g/mol. The van der Waals surface area contributed by atoms with Crippen molar-refractivity contribution in [2.45, 2.75) is 13.3 Å². The predicted octanol–water partition coefficient (Wildman–Crippen LogP) is 0.435. The Kier molecular flexibility index (Phi) is 4.22. The molecule has 1 saturated heterocycles. The average molecular weight is 239 g/mol. The summed E-state index contributed by atoms with van der Waals surface area (Å²) in [6.07, 6.45) is 1.09. The van der Waals surface area contributed by atoms with Gasteiger partial charge >= 0.3 is 0 Å². The lowest BCUT2D eigenvalue weighted by molar-refractivity contribution is 0.0378. The van der Waals surface area contributed by atoms with Crippen LogP contribution in [0.4, 0.5) is 11.6 Å². The number of rotatable bonds is 5. The Morgan fingerprint density at radius 1 is 1.47 bits per heavy atom. The minimum absolute atomic E-state index is 0.619. The summed E-state index contributed by atoms with van der Waals surface area (Å²) >= 11 is 0. The molecule has 0 amide bonds. The molecule has 17 heavy (non-hydrogen) atoms. The fraction of sp³-hybridized carbons (Fsp3) is 0.727. The number of nitrogens with zero attached hydrogens (tertiary/aromatic N) is 2. The van der Waals surface area contributed by atoms with Crippen LogP contribution < -0.4 is 11.1 Å². The molecule has 0 unspecified atom stereocenters. The molecule has 96 valence electrons. The van der Waals surface area contributed by atoms with Crippen molar-refractivity contribution in [1.82, 2.24) is 14.9 Å². The normalized spacial score (nSPS) is 17.2. The first-order valence-corrected chi connectivity index (χ1v) is 6.12. The molecule has 0 bridgehead atoms. The minimum atomic E-state index is 0.619. The van der Waals surface area contributed by atoms with E-state index in [4.69, 9.17) is 10.5 Å². The van der Waals surface area contributed by atoms with Gasteiger partial charge in [0.15, 0.2) is 5.82 Å². The molecule has 1 aromatic rings. The van der Waals surface area contributed by atoms with Crippen LogP contribution in [0.15, 0.2) is 0 Å². The van der Waals surface area contributed by atoms with E-state index < -0.39 is 0 Å². The van der Waals surface area contributed by atoms with Crippen molar-refractivity contribution in [2.75, 3.05) is 50.4 Å². The largest absolute Gasteiger partial charge is 0.382 e. The number of aromatic nitrogens is 2. The predicted molar refractivity (Wildman–Crippen MR) is 68.1 cm³/mol. The van der Waals surface area contributed by atoms with Crippen LogP contribution in [0.2, 0.25) is 0 Å². The summed E-state index contributed by atoms with van der Waals surface area (Å²) in [5.41, 5.74) is 5.76. The minimum Gasteiger partial charge on any atom is -0.382 e. The zero-order valence-electron chi connectivity index (χ0n) is 10.3. The molecule has 1 aromatic heterocycles. The summed E-state index contributed by atoms with van der Waals surface area (Å²) in [6.45, 7) is 7.70. The fourth-order valence-electron chi connectivity index (χ4n) is 1.98. The van der Waals surface area contributed by atoms with Crippen molar-refractivity contribution in [3.8, 4) is 0 Å². The number of morpholine rings is 1. The summed E-state index contributed by atoms with van der Waals surface area (Å²) < 4.78 is 5.31. The van der Waals surface area contributed by atoms with Gasteiger partial charge in [-0.1, -0.05) is 0 Å². The number of nitrogens with one attached hydrogen (secondary N) is 2. The number of H-pyrrole nitrogens is 1. The molecule has 6 heteroatoms. The van der Waals surface area contributed by atoms with Crippen LogP contribution >= 0.6 is 0 Å². The highest BCUT2D eigenvalue weighted by molar-refractivity contribution is 5.56. The molecular formula is C11H21N5O. The Labute approximate surface area is 102 Å². The van der Waals surface area contributed by atoms with Crippen molar-refractivity contribution < 1.29 is 4.74 Å². The van der Waals surface area contributed by atoms with Crippen molar-refractivity contribution in [3.63, 3.8) is 0 Å². The van der Waals surface area contributed by atoms with E-state index in [2.05, 4.69) is 20.2 Å². The number of aromatic amines is 1. The SMILES string of the molecule is Cc1nc(NCCCN2CCOCC2)c(N)[nH]1. The first-order valence-electron chi connectivity index (χ1n) is 6.12. The van der Waals surface area contributed by atoms with Crippen LogP contribution in [-0.2, 0) is 4.74 Å². The van der Waals surface area contributed by atoms with Crippen molar-refractivity contribution in [1.29, 1.82) is 0 Å². The van der Waals surface area contributed by atoms with Gasteiger partial charge in [-0.25, -0.2) is 4.98 Å². The summed E-state index contributed by atoms with van der Waals surface area (Å²) in [7, 11) is 0. The Balaban J connectivity index is 1.64. The van der Waals surface area contributed by atoms with E-state index in [0.717, 1.165) is 57.5 Å². The van der Waals surface area contributed by atoms with Crippen LogP contribution in [0.25, 0.3) is 0 Å². The van der Waals surface area contributed by atoms with Gasteiger partial charge in [-0.3, -0.25) is 4.90 Å². The molecular weight excluding hydrogens is 218 g/mol. The summed E-state index contributed by atoms with van der Waals surface area (Å²) in [6, 6.07) is 0. The third kappa shape index (κ3) is 3.61. The maximum atomic E-state index is 5.76. The molecule has 1 aliphatic rings. The van der Waals surface area contributed by atoms with E-state index in [1.807, 2.05) is 6.92 Å². The van der Waals surface area contributed by atoms with Gasteiger partial charge in [0.1, 0.15) is 11.6 Å². The van der Waals surface area contributed by atoms with E-state index in [0.29, 0.717) is 5.82 Å². The highest BCUT2D eigenvalue weighted by atomic mass is 16.5. The topological polar surface area (TPSA) is 79.2 Å². The van der Waals surface area contributed by atoms with Crippen LogP contribution in [0.3, 0.4) is 0 Å². The number of ether oxygens (including phenoxy) is 1. The Morgan fingerprint density at radius 3 is 2.88 bits per heavy atom. The van der Waals surface area contributed by atoms with Gasteiger partial charge < -0.3 is 20.8 Å². The molecule has 2 rings (SSSR count). The van der Waals surface area contributed by atoms with Gasteiger partial charge in [0.2, 0.25) is 0 Å². The summed E-state index contributed by atoms with van der Waals surface area (Å²) in [5, 5.41) is 3.25. The van der Waals surface area contributed by atoms with Crippen LogP contribution in [0, 0.1) is 6.92 Å². The zero-order valence-corrected chi connectivity index (χ0v) is 10.3. The lowest BCUT2D eigenvalue weighted by Gasteiger charge is -2.26. The molecule has 4 N–H and O–H groups in total. The number of hydrogen-bond acceptors (Lipinski definition) is 5. The first-order chi connectivity index (χ1) is 8.25. The molecule has 0 aromatic carbocycles. The number of nitrogens with two attached hydrogens (primary N) is 1. The summed E-state index contributed by atoms with van der Waals surface area (Å²) in [4.78, 5) is 9.67. The number of imidazole rings is 1. The molecule has 0 aliphatic carbocycles. The van der Waals surface area contributed by atoms with Gasteiger partial charge in [-0.2, -0.15) is 0 Å². The second-order valence-electron chi connectivity index (χ2n) is 4.32. The highest BCUT2D eigenvalue weighted by Crippen LogP contribution is 2.13. The Hall–Kier alpha value is -1.27. The molecule has 0 atom stereocenters. The Bertz CT molecular complexity index is 346. The molecule has 0 spiro atoms. The quantitative estimate of drug-likeness (QED) is 0.650. The summed E-state index contributed by atoms with van der Waals surface area (Å²) in [5.74, 6) is 2.23. The Morgan fingerprint density at radius 2 is 2.24 bits per heavy atom. The lowest BCUT2D eigenvalue weighted by atomic mass is 10.3. The molecule has 6 nitrogen and oxygen atoms in total. The third-order valence-corrected chi connectivity index (χ3v) is 2.90. The number of aryl methyl sites for hydroxylation is 1. The molecule has 2 heterocycles. The maximum Gasteiger partial charge on any atom is 0.168 e. The van der Waals surface area contributed by atoms with Gasteiger partial charge in [0.25, 0.3) is 0 Å². The van der Waals surface area contributed by atoms with Crippen molar-refractivity contribution in [2.24, 2.45) is 0 Å². The molecule has 1 fully saturated rings. The van der Waals surface area contributed by atoms with Crippen LogP contribution in [-0.4, -0.2) is 54.3 Å². The zero-order chi connectivity index (χ0) is 12.1. The van der Waals surface area contributed by atoms with Gasteiger partial charge in [0.05, 0.1) is 13.2 Å². The average Bonchev–Trinajstić information content (AvgIpc) is 2.65. The third-order valence-electron chi connectivity index (χ3n) is 2.90. The lowest BCUT2D eigenvalue weighted by Crippen LogP contribution is -2.37. The number of hydrogen-bond donors (Lipinski definition) is 3. The molecule has 0 radical (unpaired) electrons. The molecule has 1 aliphatic heterocycles. The van der Waals surface area contributed by atoms with E-state index >= 15 is 0 Å². The van der Waals surface area contributed by atoms with Crippen LogP contribution in [0.5, 0.6) is 0 Å². The number of nitrogen functional groups attached to an aromatic ring is 1. The van der Waals surface area contributed by atoms with Crippen molar-refractivity contribution >= 4 is 11.6 Å². The van der Waals surface area contributed by atoms with E-state index in [9.17, 15) is 0 Å². The molecule has 0 saturated carbocycles. The van der Waals surface area contributed by atoms with Gasteiger partial charge in [0, 0.05) is 19.6 Å². The van der Waals surface area contributed by atoms with E-state index in [1.54, 1.807) is 0 Å². The smallest absolute Gasteiger partial charge is 0.168 e.